The molecule has 5 heteroatoms. The van der Waals surface area contributed by atoms with Crippen LogP contribution in [0.2, 0.25) is 0 Å². The van der Waals surface area contributed by atoms with Gasteiger partial charge in [-0.3, -0.25) is 9.59 Å². The molecule has 3 N–H and O–H groups in total. The van der Waals surface area contributed by atoms with Crippen molar-refractivity contribution in [2.24, 2.45) is 5.73 Å². The van der Waals surface area contributed by atoms with Gasteiger partial charge in [-0.05, 0) is 32.2 Å². The Morgan fingerprint density at radius 2 is 1.71 bits per heavy atom. The summed E-state index contributed by atoms with van der Waals surface area (Å²) in [4.78, 5) is 26.4. The standard InChI is InChI=1S/C19H37N3O2/c1-2-3-4-5-6-7-8-9-13-18(23)22-16-10-12-17(22)19(24)21-15-11-14-20/h17H,2-16,20H2,1H3,(H,21,24)/t17-/m0/s1. The highest BCUT2D eigenvalue weighted by Crippen LogP contribution is 2.19. The molecule has 0 unspecified atom stereocenters. The van der Waals surface area contributed by atoms with Crippen molar-refractivity contribution in [1.29, 1.82) is 0 Å². The summed E-state index contributed by atoms with van der Waals surface area (Å²) >= 11 is 0. The van der Waals surface area contributed by atoms with Crippen LogP contribution < -0.4 is 11.1 Å². The molecule has 0 bridgehead atoms. The number of unbranched alkanes of at least 4 members (excludes halogenated alkanes) is 7. The van der Waals surface area contributed by atoms with Crippen LogP contribution in [0.4, 0.5) is 0 Å². The molecule has 1 aliphatic heterocycles. The van der Waals surface area contributed by atoms with E-state index in [2.05, 4.69) is 12.2 Å². The van der Waals surface area contributed by atoms with Crippen molar-refractivity contribution in [3.8, 4) is 0 Å². The van der Waals surface area contributed by atoms with Gasteiger partial charge in [-0.2, -0.15) is 0 Å². The minimum Gasteiger partial charge on any atom is -0.354 e. The summed E-state index contributed by atoms with van der Waals surface area (Å²) in [5.74, 6) is 0.141. The first-order chi connectivity index (χ1) is 11.7. The van der Waals surface area contributed by atoms with E-state index in [9.17, 15) is 9.59 Å². The first-order valence-corrected chi connectivity index (χ1v) is 9.98. The first kappa shape index (κ1) is 20.9. The molecular formula is C19H37N3O2. The van der Waals surface area contributed by atoms with Crippen LogP contribution in [0.3, 0.4) is 0 Å². The molecule has 0 spiro atoms. The Kier molecular flexibility index (Phi) is 11.5. The van der Waals surface area contributed by atoms with Gasteiger partial charge in [0.15, 0.2) is 0 Å². The number of carbonyl (C=O) groups is 2. The number of nitrogens with two attached hydrogens (primary N) is 1. The summed E-state index contributed by atoms with van der Waals surface area (Å²) in [6, 6.07) is -0.260. The van der Waals surface area contributed by atoms with E-state index in [-0.39, 0.29) is 17.9 Å². The summed E-state index contributed by atoms with van der Waals surface area (Å²) in [5.41, 5.74) is 5.44. The van der Waals surface area contributed by atoms with E-state index in [4.69, 9.17) is 5.73 Å². The van der Waals surface area contributed by atoms with Crippen LogP contribution in [0.25, 0.3) is 0 Å². The molecule has 1 atom stereocenters. The molecule has 0 aromatic carbocycles. The summed E-state index contributed by atoms with van der Waals surface area (Å²) in [7, 11) is 0. The minimum atomic E-state index is -0.260. The molecule has 1 fully saturated rings. The number of hydrogen-bond acceptors (Lipinski definition) is 3. The van der Waals surface area contributed by atoms with Crippen molar-refractivity contribution >= 4 is 11.8 Å². The maximum atomic E-state index is 12.4. The molecule has 24 heavy (non-hydrogen) atoms. The maximum absolute atomic E-state index is 12.4. The SMILES string of the molecule is CCCCCCCCCCC(=O)N1CCC[C@H]1C(=O)NCCCN. The second-order valence-electron chi connectivity index (χ2n) is 6.90. The molecule has 0 aliphatic carbocycles. The average Bonchev–Trinajstić information content (AvgIpc) is 3.07. The monoisotopic (exact) mass is 339 g/mol. The van der Waals surface area contributed by atoms with Crippen LogP contribution in [-0.4, -0.2) is 42.4 Å². The van der Waals surface area contributed by atoms with E-state index in [0.717, 1.165) is 38.6 Å². The van der Waals surface area contributed by atoms with Gasteiger partial charge in [0.1, 0.15) is 6.04 Å². The third kappa shape index (κ3) is 8.13. The molecule has 2 amide bonds. The van der Waals surface area contributed by atoms with Gasteiger partial charge in [-0.1, -0.05) is 51.9 Å². The Morgan fingerprint density at radius 3 is 2.38 bits per heavy atom. The highest BCUT2D eigenvalue weighted by molar-refractivity contribution is 5.88. The summed E-state index contributed by atoms with van der Waals surface area (Å²) in [6.07, 6.45) is 12.9. The van der Waals surface area contributed by atoms with E-state index < -0.39 is 0 Å². The van der Waals surface area contributed by atoms with E-state index in [1.54, 1.807) is 4.90 Å². The zero-order chi connectivity index (χ0) is 17.6. The number of hydrogen-bond donors (Lipinski definition) is 2. The van der Waals surface area contributed by atoms with E-state index in [1.807, 2.05) is 0 Å². The van der Waals surface area contributed by atoms with Gasteiger partial charge in [0.2, 0.25) is 11.8 Å². The highest BCUT2D eigenvalue weighted by atomic mass is 16.2. The molecule has 0 radical (unpaired) electrons. The number of likely N-dealkylation sites (tertiary alicyclic amines) is 1. The van der Waals surface area contributed by atoms with Crippen molar-refractivity contribution in [2.45, 2.75) is 90.0 Å². The Balaban J connectivity index is 2.17. The van der Waals surface area contributed by atoms with Crippen molar-refractivity contribution in [2.75, 3.05) is 19.6 Å². The lowest BCUT2D eigenvalue weighted by molar-refractivity contribution is -0.138. The average molecular weight is 340 g/mol. The largest absolute Gasteiger partial charge is 0.354 e. The fourth-order valence-corrected chi connectivity index (χ4v) is 3.32. The second kappa shape index (κ2) is 13.2. The zero-order valence-corrected chi connectivity index (χ0v) is 15.5. The van der Waals surface area contributed by atoms with Crippen LogP contribution in [-0.2, 0) is 9.59 Å². The van der Waals surface area contributed by atoms with Crippen molar-refractivity contribution in [3.63, 3.8) is 0 Å². The van der Waals surface area contributed by atoms with Gasteiger partial charge in [-0.25, -0.2) is 0 Å². The third-order valence-corrected chi connectivity index (χ3v) is 4.80. The Morgan fingerprint density at radius 1 is 1.04 bits per heavy atom. The molecule has 1 saturated heterocycles. The predicted molar refractivity (Wildman–Crippen MR) is 98.6 cm³/mol. The normalized spacial score (nSPS) is 17.2. The Bertz CT molecular complexity index is 361. The third-order valence-electron chi connectivity index (χ3n) is 4.80. The minimum absolute atomic E-state index is 0.00905. The van der Waals surface area contributed by atoms with E-state index in [0.29, 0.717) is 19.5 Å². The number of rotatable bonds is 13. The molecule has 1 aliphatic rings. The second-order valence-corrected chi connectivity index (χ2v) is 6.90. The van der Waals surface area contributed by atoms with Crippen LogP contribution in [0, 0.1) is 0 Å². The Labute approximate surface area is 147 Å². The predicted octanol–water partition coefficient (Wildman–Crippen LogP) is 2.97. The lowest BCUT2D eigenvalue weighted by atomic mass is 10.1. The van der Waals surface area contributed by atoms with Gasteiger partial charge >= 0.3 is 0 Å². The fourth-order valence-electron chi connectivity index (χ4n) is 3.32. The fraction of sp³-hybridized carbons (Fsp3) is 0.895. The molecule has 5 nitrogen and oxygen atoms in total. The highest BCUT2D eigenvalue weighted by Gasteiger charge is 2.33. The van der Waals surface area contributed by atoms with E-state index in [1.165, 1.54) is 38.5 Å². The smallest absolute Gasteiger partial charge is 0.242 e. The van der Waals surface area contributed by atoms with Crippen molar-refractivity contribution < 1.29 is 9.59 Å². The van der Waals surface area contributed by atoms with Gasteiger partial charge in [-0.15, -0.1) is 0 Å². The number of nitrogens with zero attached hydrogens (tertiary/aromatic N) is 1. The van der Waals surface area contributed by atoms with Crippen LogP contribution in [0.1, 0.15) is 84.0 Å². The molecule has 1 rings (SSSR count). The number of nitrogens with one attached hydrogen (secondary N) is 1. The molecule has 0 aromatic heterocycles. The van der Waals surface area contributed by atoms with Crippen LogP contribution in [0.15, 0.2) is 0 Å². The van der Waals surface area contributed by atoms with Crippen molar-refractivity contribution in [3.05, 3.63) is 0 Å². The van der Waals surface area contributed by atoms with Gasteiger partial charge in [0.05, 0.1) is 0 Å². The van der Waals surface area contributed by atoms with Crippen LogP contribution in [0.5, 0.6) is 0 Å². The quantitative estimate of drug-likeness (QED) is 0.507. The van der Waals surface area contributed by atoms with Gasteiger partial charge < -0.3 is 16.0 Å². The lowest BCUT2D eigenvalue weighted by Crippen LogP contribution is -2.46. The number of amides is 2. The molecule has 1 heterocycles. The topological polar surface area (TPSA) is 75.4 Å². The molecular weight excluding hydrogens is 302 g/mol. The van der Waals surface area contributed by atoms with Crippen molar-refractivity contribution in [1.82, 2.24) is 10.2 Å². The summed E-state index contributed by atoms with van der Waals surface area (Å²) in [5, 5.41) is 2.90. The Hall–Kier alpha value is -1.10. The first-order valence-electron chi connectivity index (χ1n) is 9.98. The maximum Gasteiger partial charge on any atom is 0.242 e. The van der Waals surface area contributed by atoms with E-state index >= 15 is 0 Å². The number of carbonyl (C=O) groups excluding carboxylic acids is 2. The van der Waals surface area contributed by atoms with Crippen LogP contribution >= 0.6 is 0 Å². The molecule has 140 valence electrons. The molecule has 0 aromatic rings. The summed E-state index contributed by atoms with van der Waals surface area (Å²) in [6.45, 7) is 4.14. The van der Waals surface area contributed by atoms with Gasteiger partial charge in [0, 0.05) is 19.5 Å². The lowest BCUT2D eigenvalue weighted by Gasteiger charge is -2.24. The zero-order valence-electron chi connectivity index (χ0n) is 15.5. The van der Waals surface area contributed by atoms with Gasteiger partial charge in [0.25, 0.3) is 0 Å². The summed E-state index contributed by atoms with van der Waals surface area (Å²) < 4.78 is 0. The molecule has 0 saturated carbocycles.